The summed E-state index contributed by atoms with van der Waals surface area (Å²) in [6.45, 7) is 7.32. The van der Waals surface area contributed by atoms with Gasteiger partial charge in [0.05, 0.1) is 6.67 Å². The molecule has 148 valence electrons. The van der Waals surface area contributed by atoms with Gasteiger partial charge < -0.3 is 26.2 Å². The molecule has 0 aliphatic rings. The van der Waals surface area contributed by atoms with Crippen LogP contribution in [-0.4, -0.2) is 64.3 Å². The molecule has 0 aliphatic heterocycles. The van der Waals surface area contributed by atoms with E-state index in [9.17, 15) is 0 Å². The average molecular weight is 375 g/mol. The molecule has 0 saturated carbocycles. The summed E-state index contributed by atoms with van der Waals surface area (Å²) in [7, 11) is 5.69. The maximum absolute atomic E-state index is 5.76. The molecule has 11 heteroatoms. The van der Waals surface area contributed by atoms with Gasteiger partial charge in [-0.25, -0.2) is 0 Å². The molecule has 2 aromatic heterocycles. The van der Waals surface area contributed by atoms with Gasteiger partial charge >= 0.3 is 0 Å². The van der Waals surface area contributed by atoms with E-state index in [4.69, 9.17) is 5.73 Å². The third kappa shape index (κ3) is 5.76. The van der Waals surface area contributed by atoms with Crippen LogP contribution < -0.4 is 26.2 Å². The number of nitrogens with one attached hydrogen (secondary N) is 2. The first-order chi connectivity index (χ1) is 12.8. The van der Waals surface area contributed by atoms with E-state index in [1.807, 2.05) is 30.9 Å². The van der Waals surface area contributed by atoms with Gasteiger partial charge in [-0.1, -0.05) is 20.8 Å². The molecule has 0 amide bonds. The van der Waals surface area contributed by atoms with Crippen LogP contribution in [0, 0.1) is 0 Å². The first-order valence-electron chi connectivity index (χ1n) is 8.93. The minimum absolute atomic E-state index is 0.158. The first kappa shape index (κ1) is 20.3. The summed E-state index contributed by atoms with van der Waals surface area (Å²) in [6, 6.07) is 0. The molecule has 2 rings (SSSR count). The summed E-state index contributed by atoms with van der Waals surface area (Å²) in [5, 5.41) is 6.23. The molecule has 0 aromatic carbocycles. The molecule has 0 bridgehead atoms. The Morgan fingerprint density at radius 1 is 0.889 bits per heavy atom. The highest BCUT2D eigenvalue weighted by molar-refractivity contribution is 5.42. The zero-order chi connectivity index (χ0) is 20.0. The quantitative estimate of drug-likeness (QED) is 0.545. The first-order valence-corrected chi connectivity index (χ1v) is 8.93. The Bertz CT molecular complexity index is 721. The molecular formula is C16H29N11. The zero-order valence-corrected chi connectivity index (χ0v) is 16.9. The molecule has 0 unspecified atom stereocenters. The van der Waals surface area contributed by atoms with Crippen LogP contribution in [0.3, 0.4) is 0 Å². The van der Waals surface area contributed by atoms with Crippen molar-refractivity contribution in [2.75, 3.05) is 60.5 Å². The second-order valence-corrected chi connectivity index (χ2v) is 6.64. The number of nitrogens with zero attached hydrogens (tertiary/aromatic N) is 8. The lowest BCUT2D eigenvalue weighted by Crippen LogP contribution is -2.29. The molecule has 0 atom stereocenters. The molecule has 2 aromatic rings. The molecule has 11 nitrogen and oxygen atoms in total. The van der Waals surface area contributed by atoms with Crippen molar-refractivity contribution in [1.82, 2.24) is 29.9 Å². The lowest BCUT2D eigenvalue weighted by Gasteiger charge is -2.21. The highest BCUT2D eigenvalue weighted by Crippen LogP contribution is 2.17. The van der Waals surface area contributed by atoms with Gasteiger partial charge in [0.2, 0.25) is 29.7 Å². The van der Waals surface area contributed by atoms with E-state index >= 15 is 0 Å². The standard InChI is InChI=1S/C16H29N11/c1-7-8-18-13-22-12(17)23-14(24-13)19-9-27(6)16-21-11(10(2)3)20-15(25-16)26(4)5/h10H,7-9H2,1-6H3,(H4,17,18,19,22,23,24). The Hall–Kier alpha value is -2.98. The number of hydrogen-bond acceptors (Lipinski definition) is 11. The van der Waals surface area contributed by atoms with E-state index in [0.29, 0.717) is 30.5 Å². The van der Waals surface area contributed by atoms with Gasteiger partial charge in [-0.3, -0.25) is 0 Å². The lowest BCUT2D eigenvalue weighted by atomic mass is 10.2. The van der Waals surface area contributed by atoms with Crippen LogP contribution in [-0.2, 0) is 0 Å². The fraction of sp³-hybridized carbons (Fsp3) is 0.625. The van der Waals surface area contributed by atoms with E-state index in [0.717, 1.165) is 18.8 Å². The summed E-state index contributed by atoms with van der Waals surface area (Å²) in [6.07, 6.45) is 0.961. The van der Waals surface area contributed by atoms with E-state index in [1.54, 1.807) is 0 Å². The van der Waals surface area contributed by atoms with Gasteiger partial charge in [-0.15, -0.1) is 0 Å². The van der Waals surface area contributed by atoms with E-state index in [2.05, 4.69) is 61.3 Å². The van der Waals surface area contributed by atoms with Gasteiger partial charge in [0.25, 0.3) is 0 Å². The molecule has 0 radical (unpaired) electrons. The van der Waals surface area contributed by atoms with Gasteiger partial charge in [0.1, 0.15) is 5.82 Å². The van der Waals surface area contributed by atoms with Crippen molar-refractivity contribution in [2.24, 2.45) is 0 Å². The fourth-order valence-electron chi connectivity index (χ4n) is 2.05. The second kappa shape index (κ2) is 9.10. The van der Waals surface area contributed by atoms with Gasteiger partial charge in [0, 0.05) is 33.6 Å². The molecule has 27 heavy (non-hydrogen) atoms. The Balaban J connectivity index is 2.13. The molecular weight excluding hydrogens is 346 g/mol. The summed E-state index contributed by atoms with van der Waals surface area (Å²) in [5.41, 5.74) is 5.76. The summed E-state index contributed by atoms with van der Waals surface area (Å²) >= 11 is 0. The minimum atomic E-state index is 0.158. The van der Waals surface area contributed by atoms with Crippen LogP contribution in [0.2, 0.25) is 0 Å². The smallest absolute Gasteiger partial charge is 0.231 e. The van der Waals surface area contributed by atoms with Crippen LogP contribution in [0.5, 0.6) is 0 Å². The number of nitrogens with two attached hydrogens (primary N) is 1. The van der Waals surface area contributed by atoms with Gasteiger partial charge in [-0.2, -0.15) is 29.9 Å². The topological polar surface area (TPSA) is 134 Å². The Labute approximate surface area is 159 Å². The van der Waals surface area contributed by atoms with Gasteiger partial charge in [0.15, 0.2) is 0 Å². The number of aromatic nitrogens is 6. The number of nitrogen functional groups attached to an aromatic ring is 1. The predicted octanol–water partition coefficient (Wildman–Crippen LogP) is 1.16. The number of hydrogen-bond donors (Lipinski definition) is 3. The Kier molecular flexibility index (Phi) is 6.85. The molecule has 0 fully saturated rings. The van der Waals surface area contributed by atoms with Crippen LogP contribution in [0.1, 0.15) is 38.9 Å². The van der Waals surface area contributed by atoms with Crippen LogP contribution >= 0.6 is 0 Å². The maximum Gasteiger partial charge on any atom is 0.231 e. The minimum Gasteiger partial charge on any atom is -0.368 e. The predicted molar refractivity (Wildman–Crippen MR) is 108 cm³/mol. The van der Waals surface area contributed by atoms with E-state index in [1.165, 1.54) is 0 Å². The van der Waals surface area contributed by atoms with Crippen molar-refractivity contribution in [2.45, 2.75) is 33.1 Å². The third-order valence-corrected chi connectivity index (χ3v) is 3.55. The fourth-order valence-corrected chi connectivity index (χ4v) is 2.05. The average Bonchev–Trinajstić information content (AvgIpc) is 2.63. The van der Waals surface area contributed by atoms with Crippen molar-refractivity contribution in [3.8, 4) is 0 Å². The number of rotatable bonds is 9. The molecule has 4 N–H and O–H groups in total. The summed E-state index contributed by atoms with van der Waals surface area (Å²) < 4.78 is 0. The Morgan fingerprint density at radius 3 is 2.11 bits per heavy atom. The number of anilines is 5. The largest absolute Gasteiger partial charge is 0.368 e. The van der Waals surface area contributed by atoms with Crippen molar-refractivity contribution < 1.29 is 0 Å². The Morgan fingerprint density at radius 2 is 1.52 bits per heavy atom. The zero-order valence-electron chi connectivity index (χ0n) is 16.9. The van der Waals surface area contributed by atoms with Crippen LogP contribution in [0.25, 0.3) is 0 Å². The molecule has 0 aliphatic carbocycles. The molecule has 0 spiro atoms. The second-order valence-electron chi connectivity index (χ2n) is 6.64. The molecule has 2 heterocycles. The normalized spacial score (nSPS) is 10.8. The highest BCUT2D eigenvalue weighted by Gasteiger charge is 2.14. The van der Waals surface area contributed by atoms with E-state index < -0.39 is 0 Å². The van der Waals surface area contributed by atoms with Crippen molar-refractivity contribution in [3.05, 3.63) is 5.82 Å². The van der Waals surface area contributed by atoms with Gasteiger partial charge in [-0.05, 0) is 6.42 Å². The summed E-state index contributed by atoms with van der Waals surface area (Å²) in [4.78, 5) is 29.8. The van der Waals surface area contributed by atoms with Crippen LogP contribution in [0.4, 0.5) is 29.7 Å². The van der Waals surface area contributed by atoms with Crippen LogP contribution in [0.15, 0.2) is 0 Å². The lowest BCUT2D eigenvalue weighted by molar-refractivity contribution is 0.741. The van der Waals surface area contributed by atoms with Crippen molar-refractivity contribution >= 4 is 29.7 Å². The van der Waals surface area contributed by atoms with E-state index in [-0.39, 0.29) is 11.9 Å². The maximum atomic E-state index is 5.76. The highest BCUT2D eigenvalue weighted by atomic mass is 15.4. The monoisotopic (exact) mass is 375 g/mol. The SMILES string of the molecule is CCCNc1nc(N)nc(NCN(C)c2nc(C(C)C)nc(N(C)C)n2)n1. The molecule has 0 saturated heterocycles. The summed E-state index contributed by atoms with van der Waals surface area (Å²) in [5.74, 6) is 3.12. The van der Waals surface area contributed by atoms with Crippen molar-refractivity contribution in [1.29, 1.82) is 0 Å². The van der Waals surface area contributed by atoms with Crippen molar-refractivity contribution in [3.63, 3.8) is 0 Å². The third-order valence-electron chi connectivity index (χ3n) is 3.55.